The van der Waals surface area contributed by atoms with Gasteiger partial charge in [-0.1, -0.05) is 12.1 Å². The Bertz CT molecular complexity index is 782. The molecular weight excluding hydrogens is 240 g/mol. The SMILES string of the molecule is COc1ccc(-c2cn(C)c(=O)c3[nH]ccc23)cc1. The van der Waals surface area contributed by atoms with Crippen molar-refractivity contribution in [2.45, 2.75) is 0 Å². The molecule has 1 aromatic carbocycles. The minimum absolute atomic E-state index is 0.0164. The van der Waals surface area contributed by atoms with E-state index >= 15 is 0 Å². The van der Waals surface area contributed by atoms with Crippen molar-refractivity contribution in [2.75, 3.05) is 7.11 Å². The molecule has 96 valence electrons. The van der Waals surface area contributed by atoms with E-state index in [0.717, 1.165) is 22.3 Å². The molecule has 0 aliphatic heterocycles. The van der Waals surface area contributed by atoms with E-state index in [9.17, 15) is 4.79 Å². The van der Waals surface area contributed by atoms with Crippen LogP contribution in [-0.4, -0.2) is 16.7 Å². The van der Waals surface area contributed by atoms with Crippen molar-refractivity contribution in [1.29, 1.82) is 0 Å². The molecule has 3 rings (SSSR count). The molecule has 0 unspecified atom stereocenters. The molecule has 0 radical (unpaired) electrons. The number of ether oxygens (including phenoxy) is 1. The van der Waals surface area contributed by atoms with Gasteiger partial charge in [0.05, 0.1) is 7.11 Å². The Balaban J connectivity index is 2.26. The number of rotatable bonds is 2. The minimum atomic E-state index is -0.0164. The molecule has 19 heavy (non-hydrogen) atoms. The number of hydrogen-bond acceptors (Lipinski definition) is 2. The summed E-state index contributed by atoms with van der Waals surface area (Å²) in [7, 11) is 3.40. The second-order valence-electron chi connectivity index (χ2n) is 4.45. The minimum Gasteiger partial charge on any atom is -0.497 e. The predicted octanol–water partition coefficient (Wildman–Crippen LogP) is 2.54. The van der Waals surface area contributed by atoms with Gasteiger partial charge in [-0.05, 0) is 23.8 Å². The van der Waals surface area contributed by atoms with E-state index in [-0.39, 0.29) is 5.56 Å². The Morgan fingerprint density at radius 2 is 1.89 bits per heavy atom. The first-order valence-corrected chi connectivity index (χ1v) is 6.02. The van der Waals surface area contributed by atoms with E-state index in [1.54, 1.807) is 24.9 Å². The smallest absolute Gasteiger partial charge is 0.274 e. The number of aryl methyl sites for hydroxylation is 1. The molecule has 0 atom stereocenters. The largest absolute Gasteiger partial charge is 0.497 e. The van der Waals surface area contributed by atoms with Crippen LogP contribution in [0.5, 0.6) is 5.75 Å². The molecule has 2 heterocycles. The normalized spacial score (nSPS) is 10.8. The summed E-state index contributed by atoms with van der Waals surface area (Å²) in [6.07, 6.45) is 3.65. The number of aromatic nitrogens is 2. The molecule has 4 heteroatoms. The lowest BCUT2D eigenvalue weighted by Crippen LogP contribution is -2.16. The maximum Gasteiger partial charge on any atom is 0.274 e. The van der Waals surface area contributed by atoms with Gasteiger partial charge in [-0.25, -0.2) is 0 Å². The van der Waals surface area contributed by atoms with Gasteiger partial charge in [0.15, 0.2) is 0 Å². The molecule has 0 bridgehead atoms. The second-order valence-corrected chi connectivity index (χ2v) is 4.45. The number of nitrogens with zero attached hydrogens (tertiary/aromatic N) is 1. The zero-order valence-corrected chi connectivity index (χ0v) is 10.8. The van der Waals surface area contributed by atoms with Gasteiger partial charge in [0.25, 0.3) is 5.56 Å². The van der Waals surface area contributed by atoms with Crippen LogP contribution < -0.4 is 10.3 Å². The molecule has 0 aliphatic rings. The van der Waals surface area contributed by atoms with Crippen molar-refractivity contribution in [3.05, 3.63) is 53.1 Å². The summed E-state index contributed by atoms with van der Waals surface area (Å²) in [5.74, 6) is 0.818. The first-order valence-electron chi connectivity index (χ1n) is 6.02. The van der Waals surface area contributed by atoms with Crippen molar-refractivity contribution in [2.24, 2.45) is 7.05 Å². The highest BCUT2D eigenvalue weighted by molar-refractivity contribution is 5.94. The summed E-state index contributed by atoms with van der Waals surface area (Å²) < 4.78 is 6.75. The van der Waals surface area contributed by atoms with Crippen LogP contribution in [0.3, 0.4) is 0 Å². The van der Waals surface area contributed by atoms with E-state index < -0.39 is 0 Å². The standard InChI is InChI=1S/C15H14N2O2/c1-17-9-13(10-3-5-11(19-2)6-4-10)12-7-8-16-14(12)15(17)18/h3-9,16H,1-2H3. The summed E-state index contributed by atoms with van der Waals surface area (Å²) in [5.41, 5.74) is 2.70. The number of methoxy groups -OCH3 is 1. The molecule has 0 saturated heterocycles. The molecule has 0 fully saturated rings. The highest BCUT2D eigenvalue weighted by atomic mass is 16.5. The Hall–Kier alpha value is -2.49. The Labute approximate surface area is 110 Å². The first-order chi connectivity index (χ1) is 9.20. The lowest BCUT2D eigenvalue weighted by molar-refractivity contribution is 0.415. The number of H-pyrrole nitrogens is 1. The number of hydrogen-bond donors (Lipinski definition) is 1. The van der Waals surface area contributed by atoms with E-state index in [2.05, 4.69) is 4.98 Å². The van der Waals surface area contributed by atoms with E-state index in [1.165, 1.54) is 0 Å². The first kappa shape index (κ1) is 11.6. The van der Waals surface area contributed by atoms with Crippen LogP contribution in [0.2, 0.25) is 0 Å². The monoisotopic (exact) mass is 254 g/mol. The van der Waals surface area contributed by atoms with Crippen LogP contribution in [0.25, 0.3) is 22.0 Å². The van der Waals surface area contributed by atoms with Gasteiger partial charge >= 0.3 is 0 Å². The third kappa shape index (κ3) is 1.81. The molecular formula is C15H14N2O2. The number of pyridine rings is 1. The zero-order chi connectivity index (χ0) is 13.4. The van der Waals surface area contributed by atoms with Gasteiger partial charge in [0.1, 0.15) is 11.3 Å². The summed E-state index contributed by atoms with van der Waals surface area (Å²) in [5, 5.41) is 0.938. The summed E-state index contributed by atoms with van der Waals surface area (Å²) in [6, 6.07) is 9.74. The third-order valence-corrected chi connectivity index (χ3v) is 3.30. The van der Waals surface area contributed by atoms with Gasteiger partial charge in [-0.15, -0.1) is 0 Å². The molecule has 4 nitrogen and oxygen atoms in total. The van der Waals surface area contributed by atoms with Crippen LogP contribution in [0.1, 0.15) is 0 Å². The maximum atomic E-state index is 12.0. The van der Waals surface area contributed by atoms with Gasteiger partial charge in [0.2, 0.25) is 0 Å². The fourth-order valence-corrected chi connectivity index (χ4v) is 2.27. The second kappa shape index (κ2) is 4.31. The summed E-state index contributed by atoms with van der Waals surface area (Å²) >= 11 is 0. The van der Waals surface area contributed by atoms with Crippen LogP contribution in [0.4, 0.5) is 0 Å². The topological polar surface area (TPSA) is 47.0 Å². The van der Waals surface area contributed by atoms with Crippen molar-refractivity contribution < 1.29 is 4.74 Å². The average Bonchev–Trinajstić information content (AvgIpc) is 2.93. The lowest BCUT2D eigenvalue weighted by atomic mass is 10.0. The molecule has 2 aromatic heterocycles. The van der Waals surface area contributed by atoms with Crippen LogP contribution in [-0.2, 0) is 7.05 Å². The van der Waals surface area contributed by atoms with Crippen LogP contribution in [0, 0.1) is 0 Å². The van der Waals surface area contributed by atoms with Crippen molar-refractivity contribution in [3.63, 3.8) is 0 Å². The fourth-order valence-electron chi connectivity index (χ4n) is 2.27. The summed E-state index contributed by atoms with van der Waals surface area (Å²) in [6.45, 7) is 0. The molecule has 0 saturated carbocycles. The highest BCUT2D eigenvalue weighted by Gasteiger charge is 2.09. The Morgan fingerprint density at radius 1 is 1.16 bits per heavy atom. The van der Waals surface area contributed by atoms with E-state index in [4.69, 9.17) is 4.74 Å². The molecule has 3 aromatic rings. The highest BCUT2D eigenvalue weighted by Crippen LogP contribution is 2.27. The third-order valence-electron chi connectivity index (χ3n) is 3.30. The van der Waals surface area contributed by atoms with E-state index in [0.29, 0.717) is 5.52 Å². The Kier molecular flexibility index (Phi) is 2.63. The van der Waals surface area contributed by atoms with Crippen molar-refractivity contribution >= 4 is 10.9 Å². The number of nitrogens with one attached hydrogen (secondary N) is 1. The molecule has 0 aliphatic carbocycles. The van der Waals surface area contributed by atoms with Crippen molar-refractivity contribution in [1.82, 2.24) is 9.55 Å². The number of benzene rings is 1. The number of aromatic amines is 1. The zero-order valence-electron chi connectivity index (χ0n) is 10.8. The molecule has 0 spiro atoms. The molecule has 0 amide bonds. The average molecular weight is 254 g/mol. The van der Waals surface area contributed by atoms with Gasteiger partial charge in [0, 0.05) is 30.4 Å². The predicted molar refractivity (Wildman–Crippen MR) is 75.5 cm³/mol. The fraction of sp³-hybridized carbons (Fsp3) is 0.133. The lowest BCUT2D eigenvalue weighted by Gasteiger charge is -2.07. The maximum absolute atomic E-state index is 12.0. The quantitative estimate of drug-likeness (QED) is 0.764. The Morgan fingerprint density at radius 3 is 2.58 bits per heavy atom. The van der Waals surface area contributed by atoms with Gasteiger partial charge in [-0.2, -0.15) is 0 Å². The van der Waals surface area contributed by atoms with Gasteiger partial charge in [-0.3, -0.25) is 4.79 Å². The summed E-state index contributed by atoms with van der Waals surface area (Å²) in [4.78, 5) is 15.0. The molecule has 1 N–H and O–H groups in total. The number of fused-ring (bicyclic) bond motifs is 1. The van der Waals surface area contributed by atoms with Crippen LogP contribution >= 0.6 is 0 Å². The van der Waals surface area contributed by atoms with Gasteiger partial charge < -0.3 is 14.3 Å². The van der Waals surface area contributed by atoms with Crippen molar-refractivity contribution in [3.8, 4) is 16.9 Å². The van der Waals surface area contributed by atoms with Crippen LogP contribution in [0.15, 0.2) is 47.5 Å². The van der Waals surface area contributed by atoms with E-state index in [1.807, 2.05) is 36.5 Å².